The first-order valence-corrected chi connectivity index (χ1v) is 7.46. The van der Waals surface area contributed by atoms with E-state index in [4.69, 9.17) is 14.2 Å². The number of benzene rings is 1. The van der Waals surface area contributed by atoms with Crippen molar-refractivity contribution >= 4 is 11.9 Å². The Morgan fingerprint density at radius 3 is 2.09 bits per heavy atom. The van der Waals surface area contributed by atoms with Crippen molar-refractivity contribution < 1.29 is 23.8 Å². The summed E-state index contributed by atoms with van der Waals surface area (Å²) in [6.45, 7) is 2.00. The molecule has 0 radical (unpaired) electrons. The third-order valence-corrected chi connectivity index (χ3v) is 4.51. The predicted octanol–water partition coefficient (Wildman–Crippen LogP) is 2.85. The zero-order valence-corrected chi connectivity index (χ0v) is 13.9. The molecule has 0 spiro atoms. The summed E-state index contributed by atoms with van der Waals surface area (Å²) < 4.78 is 15.1. The predicted molar refractivity (Wildman–Crippen MR) is 85.2 cm³/mol. The van der Waals surface area contributed by atoms with Crippen LogP contribution in [0.1, 0.15) is 31.2 Å². The fourth-order valence-corrected chi connectivity index (χ4v) is 3.19. The summed E-state index contributed by atoms with van der Waals surface area (Å²) >= 11 is 0. The van der Waals surface area contributed by atoms with E-state index < -0.39 is 17.4 Å². The van der Waals surface area contributed by atoms with Crippen LogP contribution in [0.15, 0.2) is 35.9 Å². The van der Waals surface area contributed by atoms with Gasteiger partial charge in [0.05, 0.1) is 21.3 Å². The summed E-state index contributed by atoms with van der Waals surface area (Å²) in [6.07, 6.45) is 2.78. The molecule has 1 aliphatic rings. The standard InChI is InChI=1S/C18H22O5/c1-12-9-10-18(16(19)22-3,17(20)23-4)15(11-12)13-5-7-14(21-2)8-6-13/h5-9,15H,10-11H2,1-4H3. The quantitative estimate of drug-likeness (QED) is 0.485. The van der Waals surface area contributed by atoms with E-state index in [1.807, 2.05) is 37.3 Å². The summed E-state index contributed by atoms with van der Waals surface area (Å²) in [7, 11) is 4.18. The third kappa shape index (κ3) is 2.96. The normalized spacial score (nSPS) is 19.5. The first-order valence-electron chi connectivity index (χ1n) is 7.46. The largest absolute Gasteiger partial charge is 0.497 e. The van der Waals surface area contributed by atoms with Crippen LogP contribution in [-0.2, 0) is 19.1 Å². The second-order valence-electron chi connectivity index (χ2n) is 5.74. The molecule has 5 heteroatoms. The van der Waals surface area contributed by atoms with Gasteiger partial charge in [-0.3, -0.25) is 9.59 Å². The molecule has 1 unspecified atom stereocenters. The van der Waals surface area contributed by atoms with Crippen molar-refractivity contribution in [3.05, 3.63) is 41.5 Å². The Labute approximate surface area is 136 Å². The van der Waals surface area contributed by atoms with Crippen LogP contribution in [0.3, 0.4) is 0 Å². The smallest absolute Gasteiger partial charge is 0.324 e. The molecular formula is C18H22O5. The van der Waals surface area contributed by atoms with Crippen molar-refractivity contribution in [1.82, 2.24) is 0 Å². The van der Waals surface area contributed by atoms with Crippen LogP contribution in [0.2, 0.25) is 0 Å². The average molecular weight is 318 g/mol. The minimum absolute atomic E-state index is 0.273. The Kier molecular flexibility index (Phi) is 5.08. The van der Waals surface area contributed by atoms with Gasteiger partial charge in [-0.1, -0.05) is 23.8 Å². The van der Waals surface area contributed by atoms with Gasteiger partial charge in [0.15, 0.2) is 5.41 Å². The van der Waals surface area contributed by atoms with Gasteiger partial charge in [0.25, 0.3) is 0 Å². The Hall–Kier alpha value is -2.30. The highest BCUT2D eigenvalue weighted by atomic mass is 16.5. The lowest BCUT2D eigenvalue weighted by molar-refractivity contribution is -0.171. The van der Waals surface area contributed by atoms with Gasteiger partial charge >= 0.3 is 11.9 Å². The van der Waals surface area contributed by atoms with Gasteiger partial charge in [0, 0.05) is 5.92 Å². The summed E-state index contributed by atoms with van der Waals surface area (Å²) in [5.41, 5.74) is 0.667. The second kappa shape index (κ2) is 6.86. The molecule has 0 saturated heterocycles. The molecule has 5 nitrogen and oxygen atoms in total. The zero-order chi connectivity index (χ0) is 17.0. The van der Waals surface area contributed by atoms with E-state index >= 15 is 0 Å². The minimum atomic E-state index is -1.35. The molecule has 1 aromatic carbocycles. The molecule has 0 amide bonds. The maximum absolute atomic E-state index is 12.5. The second-order valence-corrected chi connectivity index (χ2v) is 5.74. The van der Waals surface area contributed by atoms with E-state index in [0.717, 1.165) is 16.9 Å². The molecule has 1 aliphatic carbocycles. The lowest BCUT2D eigenvalue weighted by Crippen LogP contribution is -2.47. The summed E-state index contributed by atoms with van der Waals surface area (Å²) in [6, 6.07) is 7.40. The monoisotopic (exact) mass is 318 g/mol. The van der Waals surface area contributed by atoms with E-state index in [0.29, 0.717) is 6.42 Å². The summed E-state index contributed by atoms with van der Waals surface area (Å²) in [5, 5.41) is 0. The molecular weight excluding hydrogens is 296 g/mol. The van der Waals surface area contributed by atoms with Crippen molar-refractivity contribution in [3.63, 3.8) is 0 Å². The van der Waals surface area contributed by atoms with E-state index in [9.17, 15) is 9.59 Å². The maximum atomic E-state index is 12.5. The number of carbonyl (C=O) groups is 2. The van der Waals surface area contributed by atoms with Gasteiger partial charge in [0.2, 0.25) is 0 Å². The highest BCUT2D eigenvalue weighted by Gasteiger charge is 2.55. The Balaban J connectivity index is 2.55. The van der Waals surface area contributed by atoms with Gasteiger partial charge < -0.3 is 14.2 Å². The number of ether oxygens (including phenoxy) is 3. The molecule has 0 aliphatic heterocycles. The highest BCUT2D eigenvalue weighted by molar-refractivity contribution is 6.01. The summed E-state index contributed by atoms with van der Waals surface area (Å²) in [5.74, 6) is -0.736. The number of esters is 2. The maximum Gasteiger partial charge on any atom is 0.324 e. The lowest BCUT2D eigenvalue weighted by atomic mass is 9.64. The SMILES string of the molecule is COC(=O)C1(C(=O)OC)CC=C(C)CC1c1ccc(OC)cc1. The summed E-state index contributed by atoms with van der Waals surface area (Å²) in [4.78, 5) is 25.1. The van der Waals surface area contributed by atoms with Crippen LogP contribution in [0.25, 0.3) is 0 Å². The van der Waals surface area contributed by atoms with Crippen LogP contribution >= 0.6 is 0 Å². The number of hydrogen-bond acceptors (Lipinski definition) is 5. The number of allylic oxidation sites excluding steroid dienone is 2. The molecule has 1 aromatic rings. The van der Waals surface area contributed by atoms with Crippen molar-refractivity contribution in [2.45, 2.75) is 25.7 Å². The van der Waals surface area contributed by atoms with Crippen molar-refractivity contribution in [1.29, 1.82) is 0 Å². The van der Waals surface area contributed by atoms with E-state index in [1.165, 1.54) is 14.2 Å². The molecule has 1 atom stereocenters. The van der Waals surface area contributed by atoms with Gasteiger partial charge in [-0.25, -0.2) is 0 Å². The Morgan fingerprint density at radius 1 is 1.04 bits per heavy atom. The molecule has 0 N–H and O–H groups in total. The molecule has 2 rings (SSSR count). The van der Waals surface area contributed by atoms with Crippen LogP contribution in [-0.4, -0.2) is 33.3 Å². The first-order chi connectivity index (χ1) is 11.0. The highest BCUT2D eigenvalue weighted by Crippen LogP contribution is 2.48. The van der Waals surface area contributed by atoms with Gasteiger partial charge in [-0.15, -0.1) is 0 Å². The van der Waals surface area contributed by atoms with Crippen LogP contribution in [0.4, 0.5) is 0 Å². The first kappa shape index (κ1) is 17.1. The van der Waals surface area contributed by atoms with Crippen molar-refractivity contribution in [3.8, 4) is 5.75 Å². The van der Waals surface area contributed by atoms with Gasteiger partial charge in [0.1, 0.15) is 5.75 Å². The van der Waals surface area contributed by atoms with Gasteiger partial charge in [-0.05, 0) is 37.5 Å². The Bertz CT molecular complexity index is 599. The van der Waals surface area contributed by atoms with E-state index in [1.54, 1.807) is 7.11 Å². The number of carbonyl (C=O) groups excluding carboxylic acids is 2. The van der Waals surface area contributed by atoms with E-state index in [-0.39, 0.29) is 12.3 Å². The fourth-order valence-electron chi connectivity index (χ4n) is 3.19. The van der Waals surface area contributed by atoms with Crippen LogP contribution in [0, 0.1) is 5.41 Å². The van der Waals surface area contributed by atoms with Gasteiger partial charge in [-0.2, -0.15) is 0 Å². The van der Waals surface area contributed by atoms with Crippen LogP contribution < -0.4 is 4.74 Å². The van der Waals surface area contributed by atoms with Crippen molar-refractivity contribution in [2.75, 3.05) is 21.3 Å². The number of rotatable bonds is 4. The number of methoxy groups -OCH3 is 3. The average Bonchev–Trinajstić information content (AvgIpc) is 2.60. The molecule has 124 valence electrons. The Morgan fingerprint density at radius 2 is 1.61 bits per heavy atom. The van der Waals surface area contributed by atoms with E-state index in [2.05, 4.69) is 0 Å². The van der Waals surface area contributed by atoms with Crippen LogP contribution in [0.5, 0.6) is 5.75 Å². The molecule has 23 heavy (non-hydrogen) atoms. The molecule has 0 fully saturated rings. The number of hydrogen-bond donors (Lipinski definition) is 0. The van der Waals surface area contributed by atoms with Crippen molar-refractivity contribution in [2.24, 2.45) is 5.41 Å². The molecule has 0 saturated carbocycles. The lowest BCUT2D eigenvalue weighted by Gasteiger charge is -2.38. The molecule has 0 aromatic heterocycles. The topological polar surface area (TPSA) is 61.8 Å². The minimum Gasteiger partial charge on any atom is -0.497 e. The molecule has 0 heterocycles. The molecule has 0 bridgehead atoms. The zero-order valence-electron chi connectivity index (χ0n) is 13.9. The fraction of sp³-hybridized carbons (Fsp3) is 0.444. The third-order valence-electron chi connectivity index (χ3n) is 4.51.